The molecular formula is C21H25NO3. The fourth-order valence-corrected chi connectivity index (χ4v) is 3.15. The minimum atomic E-state index is -1.09. The summed E-state index contributed by atoms with van der Waals surface area (Å²) in [5.74, 6) is 0.0293. The second-order valence-corrected chi connectivity index (χ2v) is 7.03. The van der Waals surface area contributed by atoms with Crippen molar-refractivity contribution in [1.82, 2.24) is 4.90 Å². The van der Waals surface area contributed by atoms with E-state index < -0.39 is 11.7 Å². The lowest BCUT2D eigenvalue weighted by Crippen LogP contribution is -2.55. The number of likely N-dealkylation sites (tertiary alicyclic amines) is 1. The normalized spacial score (nSPS) is 23.5. The van der Waals surface area contributed by atoms with E-state index in [0.717, 1.165) is 11.1 Å². The van der Waals surface area contributed by atoms with Gasteiger partial charge < -0.3 is 15.1 Å². The highest BCUT2D eigenvalue weighted by Gasteiger charge is 2.37. The molecule has 0 radical (unpaired) electrons. The van der Waals surface area contributed by atoms with Crippen molar-refractivity contribution in [3.63, 3.8) is 0 Å². The monoisotopic (exact) mass is 339 g/mol. The number of rotatable bonds is 4. The van der Waals surface area contributed by atoms with Crippen LogP contribution in [0.25, 0.3) is 11.1 Å². The summed E-state index contributed by atoms with van der Waals surface area (Å²) in [6.45, 7) is 2.32. The van der Waals surface area contributed by atoms with Crippen molar-refractivity contribution in [3.05, 3.63) is 60.2 Å². The Morgan fingerprint density at radius 1 is 1.12 bits per heavy atom. The summed E-state index contributed by atoms with van der Waals surface area (Å²) in [4.78, 5) is 14.0. The van der Waals surface area contributed by atoms with Crippen LogP contribution in [-0.2, 0) is 11.2 Å². The molecule has 1 amide bonds. The number of amides is 1. The number of carbonyl (C=O) groups excluding carboxylic acids is 1. The number of carbonyl (C=O) groups is 1. The van der Waals surface area contributed by atoms with Gasteiger partial charge in [-0.25, -0.2) is 0 Å². The van der Waals surface area contributed by atoms with Gasteiger partial charge in [-0.2, -0.15) is 0 Å². The standard InChI is InChI=1S/C21H25NO3/c1-21(25)13-14-22(15-19(21)23)20(24)12-9-16-7-10-18(11-8-16)17-5-3-2-4-6-17/h2-8,10-11,19,23,25H,9,12-15H2,1H3/t19-,21+/m0/s1. The number of β-amino-alcohol motifs (C(OH)–C–C–N with tert-alkyl or cyclic N) is 1. The molecule has 2 aromatic carbocycles. The fourth-order valence-electron chi connectivity index (χ4n) is 3.15. The minimum Gasteiger partial charge on any atom is -0.388 e. The molecule has 1 aliphatic heterocycles. The largest absolute Gasteiger partial charge is 0.388 e. The van der Waals surface area contributed by atoms with Crippen LogP contribution in [0, 0.1) is 0 Å². The van der Waals surface area contributed by atoms with Crippen LogP contribution in [0.3, 0.4) is 0 Å². The maximum Gasteiger partial charge on any atom is 0.222 e. The maximum atomic E-state index is 12.3. The van der Waals surface area contributed by atoms with Gasteiger partial charge in [-0.15, -0.1) is 0 Å². The highest BCUT2D eigenvalue weighted by Crippen LogP contribution is 2.23. The van der Waals surface area contributed by atoms with Gasteiger partial charge in [-0.05, 0) is 36.5 Å². The smallest absolute Gasteiger partial charge is 0.222 e. The molecular weight excluding hydrogens is 314 g/mol. The van der Waals surface area contributed by atoms with Crippen LogP contribution >= 0.6 is 0 Å². The predicted octanol–water partition coefficient (Wildman–Crippen LogP) is 2.63. The second-order valence-electron chi connectivity index (χ2n) is 7.03. The molecule has 0 aromatic heterocycles. The second kappa shape index (κ2) is 7.38. The molecule has 1 saturated heterocycles. The van der Waals surface area contributed by atoms with Gasteiger partial charge in [-0.1, -0.05) is 54.6 Å². The van der Waals surface area contributed by atoms with Gasteiger partial charge >= 0.3 is 0 Å². The molecule has 0 bridgehead atoms. The van der Waals surface area contributed by atoms with Crippen LogP contribution in [-0.4, -0.2) is 45.8 Å². The predicted molar refractivity (Wildman–Crippen MR) is 98.0 cm³/mol. The zero-order valence-corrected chi connectivity index (χ0v) is 14.6. The van der Waals surface area contributed by atoms with E-state index >= 15 is 0 Å². The van der Waals surface area contributed by atoms with Crippen molar-refractivity contribution in [3.8, 4) is 11.1 Å². The SMILES string of the molecule is C[C@@]1(O)CCN(C(=O)CCc2ccc(-c3ccccc3)cc2)C[C@@H]1O. The molecule has 2 atom stereocenters. The third kappa shape index (κ3) is 4.27. The van der Waals surface area contributed by atoms with E-state index in [1.807, 2.05) is 18.2 Å². The number of piperidine rings is 1. The van der Waals surface area contributed by atoms with Crippen molar-refractivity contribution in [2.75, 3.05) is 13.1 Å². The van der Waals surface area contributed by atoms with Crippen molar-refractivity contribution in [2.45, 2.75) is 37.9 Å². The zero-order chi connectivity index (χ0) is 17.9. The van der Waals surface area contributed by atoms with Crippen LogP contribution in [0.4, 0.5) is 0 Å². The first-order chi connectivity index (χ1) is 12.0. The molecule has 4 heteroatoms. The molecule has 0 aliphatic carbocycles. The van der Waals surface area contributed by atoms with Gasteiger partial charge in [-0.3, -0.25) is 4.79 Å². The number of hydrogen-bond donors (Lipinski definition) is 2. The highest BCUT2D eigenvalue weighted by atomic mass is 16.3. The van der Waals surface area contributed by atoms with E-state index in [9.17, 15) is 15.0 Å². The molecule has 2 aromatic rings. The number of nitrogens with zero attached hydrogens (tertiary/aromatic N) is 1. The van der Waals surface area contributed by atoms with Gasteiger partial charge in [0.2, 0.25) is 5.91 Å². The van der Waals surface area contributed by atoms with Crippen LogP contribution in [0.5, 0.6) is 0 Å². The van der Waals surface area contributed by atoms with Crippen LogP contribution in [0.1, 0.15) is 25.3 Å². The first kappa shape index (κ1) is 17.6. The molecule has 1 fully saturated rings. The lowest BCUT2D eigenvalue weighted by atomic mass is 9.90. The Bertz CT molecular complexity index is 710. The van der Waals surface area contributed by atoms with Crippen molar-refractivity contribution >= 4 is 5.91 Å². The minimum absolute atomic E-state index is 0.0293. The lowest BCUT2D eigenvalue weighted by Gasteiger charge is -2.40. The van der Waals surface area contributed by atoms with Crippen LogP contribution < -0.4 is 0 Å². The zero-order valence-electron chi connectivity index (χ0n) is 14.6. The number of aliphatic hydroxyl groups excluding tert-OH is 1. The van der Waals surface area contributed by atoms with Crippen LogP contribution in [0.2, 0.25) is 0 Å². The molecule has 4 nitrogen and oxygen atoms in total. The third-order valence-corrected chi connectivity index (χ3v) is 5.04. The summed E-state index contributed by atoms with van der Waals surface area (Å²) in [5.41, 5.74) is 2.37. The average Bonchev–Trinajstić information content (AvgIpc) is 2.63. The molecule has 25 heavy (non-hydrogen) atoms. The summed E-state index contributed by atoms with van der Waals surface area (Å²) < 4.78 is 0. The van der Waals surface area contributed by atoms with E-state index in [0.29, 0.717) is 25.8 Å². The Balaban J connectivity index is 1.54. The van der Waals surface area contributed by atoms with E-state index in [1.54, 1.807) is 11.8 Å². The van der Waals surface area contributed by atoms with Crippen LogP contribution in [0.15, 0.2) is 54.6 Å². The quantitative estimate of drug-likeness (QED) is 0.900. The topological polar surface area (TPSA) is 60.8 Å². The van der Waals surface area contributed by atoms with Crippen molar-refractivity contribution < 1.29 is 15.0 Å². The molecule has 1 aliphatic rings. The Kier molecular flexibility index (Phi) is 5.21. The maximum absolute atomic E-state index is 12.3. The number of hydrogen-bond acceptors (Lipinski definition) is 3. The highest BCUT2D eigenvalue weighted by molar-refractivity contribution is 5.76. The molecule has 3 rings (SSSR count). The van der Waals surface area contributed by atoms with Gasteiger partial charge in [0.15, 0.2) is 0 Å². The number of benzene rings is 2. The van der Waals surface area contributed by atoms with E-state index in [2.05, 4.69) is 36.4 Å². The fraction of sp³-hybridized carbons (Fsp3) is 0.381. The summed E-state index contributed by atoms with van der Waals surface area (Å²) >= 11 is 0. The molecule has 0 saturated carbocycles. The number of aryl methyl sites for hydroxylation is 1. The summed E-state index contributed by atoms with van der Waals surface area (Å²) in [7, 11) is 0. The van der Waals surface area contributed by atoms with E-state index in [4.69, 9.17) is 0 Å². The molecule has 2 N–H and O–H groups in total. The Labute approximate surface area is 148 Å². The lowest BCUT2D eigenvalue weighted by molar-refractivity contribution is -0.146. The molecule has 0 spiro atoms. The van der Waals surface area contributed by atoms with Crippen molar-refractivity contribution in [2.24, 2.45) is 0 Å². The van der Waals surface area contributed by atoms with Gasteiger partial charge in [0, 0.05) is 19.5 Å². The number of aliphatic hydroxyl groups is 2. The Morgan fingerprint density at radius 2 is 1.76 bits per heavy atom. The third-order valence-electron chi connectivity index (χ3n) is 5.04. The van der Waals surface area contributed by atoms with E-state index in [1.165, 1.54) is 5.56 Å². The van der Waals surface area contributed by atoms with Gasteiger partial charge in [0.05, 0.1) is 11.7 Å². The van der Waals surface area contributed by atoms with Crippen molar-refractivity contribution in [1.29, 1.82) is 0 Å². The Morgan fingerprint density at radius 3 is 2.40 bits per heavy atom. The molecule has 1 heterocycles. The summed E-state index contributed by atoms with van der Waals surface area (Å²) in [5, 5.41) is 19.9. The van der Waals surface area contributed by atoms with Gasteiger partial charge in [0.25, 0.3) is 0 Å². The van der Waals surface area contributed by atoms with Gasteiger partial charge in [0.1, 0.15) is 0 Å². The summed E-state index contributed by atoms with van der Waals surface area (Å²) in [6, 6.07) is 18.5. The molecule has 0 unspecified atom stereocenters. The van der Waals surface area contributed by atoms with E-state index in [-0.39, 0.29) is 12.5 Å². The molecule has 132 valence electrons. The first-order valence-corrected chi connectivity index (χ1v) is 8.78. The average molecular weight is 339 g/mol. The first-order valence-electron chi connectivity index (χ1n) is 8.78. The Hall–Kier alpha value is -2.17. The summed E-state index contributed by atoms with van der Waals surface area (Å²) in [6.07, 6.45) is 0.623.